The molecule has 0 bridgehead atoms. The summed E-state index contributed by atoms with van der Waals surface area (Å²) in [6.45, 7) is 3.15. The van der Waals surface area contributed by atoms with E-state index in [9.17, 15) is 4.79 Å². The molecule has 18 heavy (non-hydrogen) atoms. The number of ether oxygens (including phenoxy) is 2. The van der Waals surface area contributed by atoms with Crippen LogP contribution in [-0.2, 0) is 4.79 Å². The van der Waals surface area contributed by atoms with Crippen molar-refractivity contribution in [1.29, 1.82) is 0 Å². The molecule has 0 aromatic heterocycles. The van der Waals surface area contributed by atoms with Crippen LogP contribution in [0.25, 0.3) is 0 Å². The van der Waals surface area contributed by atoms with E-state index >= 15 is 0 Å². The fourth-order valence-electron chi connectivity index (χ4n) is 1.95. The predicted molar refractivity (Wildman–Crippen MR) is 67.7 cm³/mol. The maximum Gasteiger partial charge on any atom is 0.234 e. The molecule has 0 saturated carbocycles. The van der Waals surface area contributed by atoms with Gasteiger partial charge in [0.2, 0.25) is 5.91 Å². The van der Waals surface area contributed by atoms with E-state index in [1.807, 2.05) is 25.1 Å². The Morgan fingerprint density at radius 3 is 2.78 bits per heavy atom. The second-order valence-electron chi connectivity index (χ2n) is 4.14. The van der Waals surface area contributed by atoms with E-state index in [0.717, 1.165) is 23.5 Å². The molecule has 1 aromatic rings. The molecule has 3 N–H and O–H groups in total. The van der Waals surface area contributed by atoms with Crippen molar-refractivity contribution in [2.75, 3.05) is 19.8 Å². The molecule has 1 aliphatic rings. The van der Waals surface area contributed by atoms with Gasteiger partial charge in [0.25, 0.3) is 0 Å². The largest absolute Gasteiger partial charge is 0.486 e. The lowest BCUT2D eigenvalue weighted by Gasteiger charge is -2.22. The van der Waals surface area contributed by atoms with Crippen molar-refractivity contribution in [3.05, 3.63) is 23.8 Å². The van der Waals surface area contributed by atoms with E-state index in [1.54, 1.807) is 0 Å². The lowest BCUT2D eigenvalue weighted by Crippen LogP contribution is -2.33. The molecule has 1 unspecified atom stereocenters. The summed E-state index contributed by atoms with van der Waals surface area (Å²) in [5.74, 6) is 1.33. The lowest BCUT2D eigenvalue weighted by molar-refractivity contribution is -0.120. The zero-order valence-electron chi connectivity index (χ0n) is 10.4. The van der Waals surface area contributed by atoms with Gasteiger partial charge < -0.3 is 20.5 Å². The maximum absolute atomic E-state index is 11.4. The smallest absolute Gasteiger partial charge is 0.234 e. The van der Waals surface area contributed by atoms with Crippen LogP contribution in [0.1, 0.15) is 24.9 Å². The average molecular weight is 250 g/mol. The number of nitrogens with one attached hydrogen (secondary N) is 1. The lowest BCUT2D eigenvalue weighted by atomic mass is 10.0. The molecule has 0 fully saturated rings. The van der Waals surface area contributed by atoms with Crippen LogP contribution >= 0.6 is 0 Å². The van der Waals surface area contributed by atoms with Crippen molar-refractivity contribution < 1.29 is 14.3 Å². The molecule has 98 valence electrons. The van der Waals surface area contributed by atoms with Gasteiger partial charge in [0, 0.05) is 0 Å². The quantitative estimate of drug-likeness (QED) is 0.835. The molecular formula is C13H18N2O3. The Morgan fingerprint density at radius 2 is 2.11 bits per heavy atom. The van der Waals surface area contributed by atoms with E-state index in [1.165, 1.54) is 0 Å². The van der Waals surface area contributed by atoms with Gasteiger partial charge in [-0.3, -0.25) is 4.79 Å². The van der Waals surface area contributed by atoms with Gasteiger partial charge in [0.1, 0.15) is 13.2 Å². The zero-order valence-corrected chi connectivity index (χ0v) is 10.4. The number of rotatable bonds is 4. The SMILES string of the molecule is CCC(NC(=O)CN)c1ccc2c(c1)OCCO2. The van der Waals surface area contributed by atoms with Crippen LogP contribution in [0.3, 0.4) is 0 Å². The molecule has 5 heteroatoms. The molecule has 1 aliphatic heterocycles. The number of benzene rings is 1. The number of fused-ring (bicyclic) bond motifs is 1. The van der Waals surface area contributed by atoms with Gasteiger partial charge >= 0.3 is 0 Å². The fraction of sp³-hybridized carbons (Fsp3) is 0.462. The Kier molecular flexibility index (Phi) is 4.04. The molecule has 2 rings (SSSR count). The van der Waals surface area contributed by atoms with Gasteiger partial charge in [-0.1, -0.05) is 13.0 Å². The topological polar surface area (TPSA) is 73.6 Å². The predicted octanol–water partition coefficient (Wildman–Crippen LogP) is 0.984. The molecule has 1 heterocycles. The van der Waals surface area contributed by atoms with Crippen molar-refractivity contribution in [2.45, 2.75) is 19.4 Å². The number of amides is 1. The first-order valence-electron chi connectivity index (χ1n) is 6.13. The molecule has 1 aromatic carbocycles. The summed E-state index contributed by atoms with van der Waals surface area (Å²) in [6, 6.07) is 5.69. The van der Waals surface area contributed by atoms with Crippen molar-refractivity contribution in [2.24, 2.45) is 5.73 Å². The van der Waals surface area contributed by atoms with Gasteiger partial charge in [-0.25, -0.2) is 0 Å². The van der Waals surface area contributed by atoms with Crippen LogP contribution in [-0.4, -0.2) is 25.7 Å². The van der Waals surface area contributed by atoms with Crippen LogP contribution in [0.4, 0.5) is 0 Å². The highest BCUT2D eigenvalue weighted by Gasteiger charge is 2.16. The van der Waals surface area contributed by atoms with E-state index in [2.05, 4.69) is 5.32 Å². The van der Waals surface area contributed by atoms with Crippen LogP contribution in [0.5, 0.6) is 11.5 Å². The summed E-state index contributed by atoms with van der Waals surface area (Å²) >= 11 is 0. The van der Waals surface area contributed by atoms with Gasteiger partial charge in [-0.05, 0) is 24.1 Å². The van der Waals surface area contributed by atoms with Crippen molar-refractivity contribution >= 4 is 5.91 Å². The Balaban J connectivity index is 2.18. The van der Waals surface area contributed by atoms with Crippen molar-refractivity contribution in [3.63, 3.8) is 0 Å². The second-order valence-corrected chi connectivity index (χ2v) is 4.14. The van der Waals surface area contributed by atoms with Gasteiger partial charge in [-0.2, -0.15) is 0 Å². The minimum absolute atomic E-state index is 0.00104. The van der Waals surface area contributed by atoms with Gasteiger partial charge in [0.15, 0.2) is 11.5 Å². The van der Waals surface area contributed by atoms with Gasteiger partial charge in [-0.15, -0.1) is 0 Å². The van der Waals surface area contributed by atoms with Crippen LogP contribution in [0, 0.1) is 0 Å². The van der Waals surface area contributed by atoms with E-state index in [0.29, 0.717) is 13.2 Å². The summed E-state index contributed by atoms with van der Waals surface area (Å²) in [5.41, 5.74) is 6.31. The summed E-state index contributed by atoms with van der Waals surface area (Å²) in [7, 11) is 0. The molecule has 0 aliphatic carbocycles. The van der Waals surface area contributed by atoms with Gasteiger partial charge in [0.05, 0.1) is 12.6 Å². The second kappa shape index (κ2) is 5.73. The van der Waals surface area contributed by atoms with E-state index in [4.69, 9.17) is 15.2 Å². The molecule has 0 radical (unpaired) electrons. The van der Waals surface area contributed by atoms with E-state index < -0.39 is 0 Å². The van der Waals surface area contributed by atoms with Crippen LogP contribution < -0.4 is 20.5 Å². The maximum atomic E-state index is 11.4. The van der Waals surface area contributed by atoms with Crippen molar-refractivity contribution in [1.82, 2.24) is 5.32 Å². The van der Waals surface area contributed by atoms with Crippen LogP contribution in [0.15, 0.2) is 18.2 Å². The zero-order chi connectivity index (χ0) is 13.0. The van der Waals surface area contributed by atoms with Crippen LogP contribution in [0.2, 0.25) is 0 Å². The number of nitrogens with two attached hydrogens (primary N) is 1. The number of carbonyl (C=O) groups excluding carboxylic acids is 1. The first-order chi connectivity index (χ1) is 8.74. The Bertz CT molecular complexity index is 434. The number of hydrogen-bond acceptors (Lipinski definition) is 4. The van der Waals surface area contributed by atoms with E-state index in [-0.39, 0.29) is 18.5 Å². The fourth-order valence-corrected chi connectivity index (χ4v) is 1.95. The number of carbonyl (C=O) groups is 1. The summed E-state index contributed by atoms with van der Waals surface area (Å²) in [6.07, 6.45) is 0.797. The molecular weight excluding hydrogens is 232 g/mol. The Hall–Kier alpha value is -1.75. The monoisotopic (exact) mass is 250 g/mol. The third-order valence-corrected chi connectivity index (χ3v) is 2.90. The van der Waals surface area contributed by atoms with Crippen molar-refractivity contribution in [3.8, 4) is 11.5 Å². The standard InChI is InChI=1S/C13H18N2O3/c1-2-10(15-13(16)8-14)9-3-4-11-12(7-9)18-6-5-17-11/h3-4,7,10H,2,5-6,8,14H2,1H3,(H,15,16). The summed E-state index contributed by atoms with van der Waals surface area (Å²) in [5, 5.41) is 2.88. The highest BCUT2D eigenvalue weighted by molar-refractivity contribution is 5.78. The minimum Gasteiger partial charge on any atom is -0.486 e. The minimum atomic E-state index is -0.156. The molecule has 1 amide bonds. The molecule has 5 nitrogen and oxygen atoms in total. The molecule has 0 saturated heterocycles. The molecule has 1 atom stereocenters. The Morgan fingerprint density at radius 1 is 1.39 bits per heavy atom. The summed E-state index contributed by atoms with van der Waals surface area (Å²) in [4.78, 5) is 11.4. The summed E-state index contributed by atoms with van der Waals surface area (Å²) < 4.78 is 11.0. The average Bonchev–Trinajstić information content (AvgIpc) is 2.44. The first-order valence-corrected chi connectivity index (χ1v) is 6.13. The number of hydrogen-bond donors (Lipinski definition) is 2. The first kappa shape index (κ1) is 12.7. The third-order valence-electron chi connectivity index (χ3n) is 2.90. The normalized spacial score (nSPS) is 15.0. The Labute approximate surface area is 106 Å². The third kappa shape index (κ3) is 2.73. The highest BCUT2D eigenvalue weighted by atomic mass is 16.6. The highest BCUT2D eigenvalue weighted by Crippen LogP contribution is 2.33. The molecule has 0 spiro atoms.